The molecule has 0 saturated heterocycles. The van der Waals surface area contributed by atoms with Crippen LogP contribution in [0.4, 0.5) is 11.4 Å². The molecule has 0 radical (unpaired) electrons. The van der Waals surface area contributed by atoms with E-state index in [1.165, 1.54) is 18.2 Å². The van der Waals surface area contributed by atoms with E-state index in [1.807, 2.05) is 24.3 Å². The molecule has 3 rings (SSSR count). The van der Waals surface area contributed by atoms with Crippen LogP contribution in [-0.2, 0) is 14.8 Å². The van der Waals surface area contributed by atoms with Gasteiger partial charge in [0.25, 0.3) is 10.0 Å². The van der Waals surface area contributed by atoms with Crippen LogP contribution in [0.2, 0.25) is 0 Å². The summed E-state index contributed by atoms with van der Waals surface area (Å²) in [4.78, 5) is 12.4. The largest absolute Gasteiger partial charge is 0.497 e. The van der Waals surface area contributed by atoms with Crippen LogP contribution >= 0.6 is 0 Å². The number of carbonyl (C=O) groups is 1. The standard InChI is InChI=1S/C23H22N2O4S/c1-17-8-12-19(16-22(17)25-30(27,28)21-6-4-3-5-7-21)24-23(26)15-11-18-9-13-20(29-2)14-10-18/h3-16,25H,1-2H3,(H,24,26). The van der Waals surface area contributed by atoms with Crippen LogP contribution in [0.15, 0.2) is 83.8 Å². The number of ether oxygens (including phenoxy) is 1. The average molecular weight is 423 g/mol. The van der Waals surface area contributed by atoms with Gasteiger partial charge in [-0.25, -0.2) is 8.42 Å². The Morgan fingerprint density at radius 1 is 0.967 bits per heavy atom. The Balaban J connectivity index is 1.71. The molecule has 0 unspecified atom stereocenters. The highest BCUT2D eigenvalue weighted by Crippen LogP contribution is 2.23. The van der Waals surface area contributed by atoms with Gasteiger partial charge in [-0.15, -0.1) is 0 Å². The lowest BCUT2D eigenvalue weighted by molar-refractivity contribution is -0.111. The first-order chi connectivity index (χ1) is 14.4. The zero-order valence-electron chi connectivity index (χ0n) is 16.6. The highest BCUT2D eigenvalue weighted by atomic mass is 32.2. The summed E-state index contributed by atoms with van der Waals surface area (Å²) in [5, 5.41) is 2.74. The molecule has 0 spiro atoms. The molecule has 0 fully saturated rings. The second kappa shape index (κ2) is 9.28. The molecule has 1 amide bonds. The molecule has 0 aromatic heterocycles. The second-order valence-electron chi connectivity index (χ2n) is 6.54. The van der Waals surface area contributed by atoms with Gasteiger partial charge in [-0.2, -0.15) is 0 Å². The summed E-state index contributed by atoms with van der Waals surface area (Å²) in [6, 6.07) is 20.5. The minimum absolute atomic E-state index is 0.168. The van der Waals surface area contributed by atoms with Gasteiger partial charge in [-0.05, 0) is 60.5 Å². The summed E-state index contributed by atoms with van der Waals surface area (Å²) in [7, 11) is -2.13. The summed E-state index contributed by atoms with van der Waals surface area (Å²) >= 11 is 0. The van der Waals surface area contributed by atoms with Crippen molar-refractivity contribution in [1.29, 1.82) is 0 Å². The number of benzene rings is 3. The third-order valence-corrected chi connectivity index (χ3v) is 5.73. The van der Waals surface area contributed by atoms with Crippen molar-refractivity contribution in [3.63, 3.8) is 0 Å². The van der Waals surface area contributed by atoms with Crippen LogP contribution in [0.3, 0.4) is 0 Å². The van der Waals surface area contributed by atoms with Gasteiger partial charge in [-0.3, -0.25) is 9.52 Å². The molecular formula is C23H22N2O4S. The average Bonchev–Trinajstić information content (AvgIpc) is 2.75. The molecule has 0 bridgehead atoms. The lowest BCUT2D eigenvalue weighted by Crippen LogP contribution is -2.14. The van der Waals surface area contributed by atoms with Crippen molar-refractivity contribution in [2.75, 3.05) is 17.1 Å². The van der Waals surface area contributed by atoms with Gasteiger partial charge in [0.1, 0.15) is 5.75 Å². The first kappa shape index (κ1) is 21.1. The second-order valence-corrected chi connectivity index (χ2v) is 8.23. The Labute approximate surface area is 176 Å². The van der Waals surface area contributed by atoms with Crippen LogP contribution in [0.5, 0.6) is 5.75 Å². The van der Waals surface area contributed by atoms with Crippen LogP contribution in [0, 0.1) is 6.92 Å². The van der Waals surface area contributed by atoms with Gasteiger partial charge in [0.05, 0.1) is 17.7 Å². The first-order valence-electron chi connectivity index (χ1n) is 9.19. The maximum absolute atomic E-state index is 12.6. The molecule has 154 valence electrons. The van der Waals surface area contributed by atoms with Crippen molar-refractivity contribution < 1.29 is 17.9 Å². The Kier molecular flexibility index (Phi) is 6.54. The molecule has 0 aliphatic rings. The van der Waals surface area contributed by atoms with E-state index in [4.69, 9.17) is 4.74 Å². The topological polar surface area (TPSA) is 84.5 Å². The highest BCUT2D eigenvalue weighted by Gasteiger charge is 2.15. The van der Waals surface area contributed by atoms with Crippen molar-refractivity contribution >= 4 is 33.4 Å². The number of rotatable bonds is 7. The van der Waals surface area contributed by atoms with Gasteiger partial charge >= 0.3 is 0 Å². The number of anilines is 2. The van der Waals surface area contributed by atoms with E-state index in [1.54, 1.807) is 56.5 Å². The third-order valence-electron chi connectivity index (χ3n) is 4.35. The number of sulfonamides is 1. The maximum Gasteiger partial charge on any atom is 0.261 e. The number of methoxy groups -OCH3 is 1. The zero-order chi connectivity index (χ0) is 21.6. The fraction of sp³-hybridized carbons (Fsp3) is 0.0870. The van der Waals surface area contributed by atoms with E-state index in [9.17, 15) is 13.2 Å². The summed E-state index contributed by atoms with van der Waals surface area (Å²) in [5.74, 6) is 0.410. The Morgan fingerprint density at radius 2 is 1.67 bits per heavy atom. The zero-order valence-corrected chi connectivity index (χ0v) is 17.4. The highest BCUT2D eigenvalue weighted by molar-refractivity contribution is 7.92. The van der Waals surface area contributed by atoms with Gasteiger partial charge in [-0.1, -0.05) is 36.4 Å². The molecule has 0 aliphatic heterocycles. The molecule has 7 heteroatoms. The molecule has 3 aromatic rings. The van der Waals surface area contributed by atoms with Crippen molar-refractivity contribution in [3.05, 3.63) is 90.0 Å². The normalized spacial score (nSPS) is 11.3. The number of carbonyl (C=O) groups excluding carboxylic acids is 1. The fourth-order valence-corrected chi connectivity index (χ4v) is 3.83. The smallest absolute Gasteiger partial charge is 0.261 e. The number of amides is 1. The monoisotopic (exact) mass is 422 g/mol. The van der Waals surface area contributed by atoms with Crippen molar-refractivity contribution in [3.8, 4) is 5.75 Å². The minimum Gasteiger partial charge on any atom is -0.497 e. The van der Waals surface area contributed by atoms with Gasteiger partial charge < -0.3 is 10.1 Å². The van der Waals surface area contributed by atoms with E-state index in [-0.39, 0.29) is 10.8 Å². The summed E-state index contributed by atoms with van der Waals surface area (Å²) in [5.41, 5.74) is 2.47. The van der Waals surface area contributed by atoms with Gasteiger partial charge in [0.15, 0.2) is 0 Å². The Bertz CT molecular complexity index is 1160. The molecule has 2 N–H and O–H groups in total. The van der Waals surface area contributed by atoms with Gasteiger partial charge in [0.2, 0.25) is 5.91 Å². The van der Waals surface area contributed by atoms with Crippen molar-refractivity contribution in [2.45, 2.75) is 11.8 Å². The third kappa shape index (κ3) is 5.48. The lowest BCUT2D eigenvalue weighted by Gasteiger charge is -2.12. The molecule has 0 saturated carbocycles. The van der Waals surface area contributed by atoms with Crippen LogP contribution in [0.25, 0.3) is 6.08 Å². The molecule has 0 atom stereocenters. The van der Waals surface area contributed by atoms with E-state index in [2.05, 4.69) is 10.0 Å². The van der Waals surface area contributed by atoms with E-state index >= 15 is 0 Å². The predicted molar refractivity (Wildman–Crippen MR) is 119 cm³/mol. The predicted octanol–water partition coefficient (Wildman–Crippen LogP) is 4.46. The number of nitrogens with one attached hydrogen (secondary N) is 2. The minimum atomic E-state index is -3.72. The summed E-state index contributed by atoms with van der Waals surface area (Å²) in [6.45, 7) is 1.79. The number of hydrogen-bond donors (Lipinski definition) is 2. The molecule has 30 heavy (non-hydrogen) atoms. The lowest BCUT2D eigenvalue weighted by atomic mass is 10.2. The number of hydrogen-bond acceptors (Lipinski definition) is 4. The summed E-state index contributed by atoms with van der Waals surface area (Å²) < 4.78 is 32.8. The molecule has 3 aromatic carbocycles. The van der Waals surface area contributed by atoms with E-state index < -0.39 is 10.0 Å². The Hall–Kier alpha value is -3.58. The van der Waals surface area contributed by atoms with E-state index in [0.29, 0.717) is 11.4 Å². The molecular weight excluding hydrogens is 400 g/mol. The quantitative estimate of drug-likeness (QED) is 0.551. The SMILES string of the molecule is COc1ccc(C=CC(=O)Nc2ccc(C)c(NS(=O)(=O)c3ccccc3)c2)cc1. The molecule has 0 heterocycles. The van der Waals surface area contributed by atoms with Crippen LogP contribution < -0.4 is 14.8 Å². The number of aryl methyl sites for hydroxylation is 1. The van der Waals surface area contributed by atoms with Gasteiger partial charge in [0, 0.05) is 11.8 Å². The first-order valence-corrected chi connectivity index (χ1v) is 10.7. The molecule has 6 nitrogen and oxygen atoms in total. The summed E-state index contributed by atoms with van der Waals surface area (Å²) in [6.07, 6.45) is 3.09. The van der Waals surface area contributed by atoms with Crippen molar-refractivity contribution in [2.24, 2.45) is 0 Å². The Morgan fingerprint density at radius 3 is 2.33 bits per heavy atom. The van der Waals surface area contributed by atoms with Crippen molar-refractivity contribution in [1.82, 2.24) is 0 Å². The molecule has 0 aliphatic carbocycles. The van der Waals surface area contributed by atoms with Crippen LogP contribution in [0.1, 0.15) is 11.1 Å². The fourth-order valence-electron chi connectivity index (χ4n) is 2.68. The maximum atomic E-state index is 12.6. The van der Waals surface area contributed by atoms with E-state index in [0.717, 1.165) is 16.9 Å². The van der Waals surface area contributed by atoms with Crippen LogP contribution in [-0.4, -0.2) is 21.4 Å².